The third-order valence-electron chi connectivity index (χ3n) is 2.10. The number of rotatable bonds is 3. The summed E-state index contributed by atoms with van der Waals surface area (Å²) in [6.45, 7) is 0. The van der Waals surface area contributed by atoms with Crippen molar-refractivity contribution in [1.82, 2.24) is 4.98 Å². The highest BCUT2D eigenvalue weighted by atomic mass is 35.5. The molecule has 0 radical (unpaired) electrons. The largest absolute Gasteiger partial charge is 0.477 e. The predicted molar refractivity (Wildman–Crippen MR) is 67.7 cm³/mol. The van der Waals surface area contributed by atoms with Crippen LogP contribution in [0.1, 0.15) is 10.4 Å². The fourth-order valence-corrected chi connectivity index (χ4v) is 1.60. The molecule has 0 aliphatic rings. The molecule has 0 fully saturated rings. The van der Waals surface area contributed by atoms with Gasteiger partial charge in [0.25, 0.3) is 0 Å². The number of benzene rings is 1. The summed E-state index contributed by atoms with van der Waals surface area (Å²) in [6, 6.07) is 9.39. The molecule has 0 saturated heterocycles. The molecule has 92 valence electrons. The summed E-state index contributed by atoms with van der Waals surface area (Å²) in [6.07, 6.45) is 0. The quantitative estimate of drug-likeness (QED) is 0.869. The summed E-state index contributed by atoms with van der Waals surface area (Å²) in [7, 11) is 0. The van der Waals surface area contributed by atoms with Gasteiger partial charge in [-0.05, 0) is 24.3 Å². The van der Waals surface area contributed by atoms with Crippen molar-refractivity contribution in [2.24, 2.45) is 0 Å². The molecule has 0 amide bonds. The van der Waals surface area contributed by atoms with E-state index in [0.717, 1.165) is 0 Å². The molecule has 0 bridgehead atoms. The maximum atomic E-state index is 11.0. The SMILES string of the molecule is O=C(O)c1ccc(Cl)nc1Oc1ccccc1Cl. The molecule has 1 heterocycles. The Morgan fingerprint density at radius 2 is 1.89 bits per heavy atom. The lowest BCUT2D eigenvalue weighted by Gasteiger charge is -2.08. The lowest BCUT2D eigenvalue weighted by molar-refractivity contribution is 0.0693. The molecule has 2 aromatic rings. The minimum absolute atomic E-state index is 0.0840. The number of para-hydroxylation sites is 1. The number of halogens is 2. The molecule has 1 aromatic heterocycles. The van der Waals surface area contributed by atoms with Crippen LogP contribution in [0, 0.1) is 0 Å². The molecule has 0 unspecified atom stereocenters. The molecule has 1 N–H and O–H groups in total. The van der Waals surface area contributed by atoms with Crippen LogP contribution in [0.4, 0.5) is 0 Å². The van der Waals surface area contributed by atoms with Crippen LogP contribution in [0.2, 0.25) is 10.2 Å². The minimum Gasteiger partial charge on any atom is -0.477 e. The van der Waals surface area contributed by atoms with Gasteiger partial charge >= 0.3 is 5.97 Å². The molecule has 0 aliphatic heterocycles. The van der Waals surface area contributed by atoms with Crippen LogP contribution in [-0.4, -0.2) is 16.1 Å². The van der Waals surface area contributed by atoms with Crippen molar-refractivity contribution < 1.29 is 14.6 Å². The van der Waals surface area contributed by atoms with Gasteiger partial charge in [-0.15, -0.1) is 0 Å². The van der Waals surface area contributed by atoms with E-state index in [0.29, 0.717) is 10.8 Å². The molecule has 6 heteroatoms. The molecule has 0 aliphatic carbocycles. The van der Waals surface area contributed by atoms with Gasteiger partial charge in [0.05, 0.1) is 5.02 Å². The number of carbonyl (C=O) groups is 1. The highest BCUT2D eigenvalue weighted by Gasteiger charge is 2.15. The molecule has 2 rings (SSSR count). The second-order valence-electron chi connectivity index (χ2n) is 3.32. The highest BCUT2D eigenvalue weighted by molar-refractivity contribution is 6.32. The van der Waals surface area contributed by atoms with Crippen molar-refractivity contribution in [2.45, 2.75) is 0 Å². The number of pyridine rings is 1. The Morgan fingerprint density at radius 3 is 2.56 bits per heavy atom. The van der Waals surface area contributed by atoms with E-state index < -0.39 is 5.97 Å². The smallest absolute Gasteiger partial charge is 0.341 e. The summed E-state index contributed by atoms with van der Waals surface area (Å²) < 4.78 is 5.37. The van der Waals surface area contributed by atoms with Crippen molar-refractivity contribution in [3.63, 3.8) is 0 Å². The maximum Gasteiger partial charge on any atom is 0.341 e. The van der Waals surface area contributed by atoms with Crippen LogP contribution in [0.25, 0.3) is 0 Å². The van der Waals surface area contributed by atoms with E-state index >= 15 is 0 Å². The van der Waals surface area contributed by atoms with E-state index in [4.69, 9.17) is 33.0 Å². The fourth-order valence-electron chi connectivity index (χ4n) is 1.29. The normalized spacial score (nSPS) is 10.1. The molecule has 0 atom stereocenters. The first kappa shape index (κ1) is 12.7. The third kappa shape index (κ3) is 2.72. The summed E-state index contributed by atoms with van der Waals surface area (Å²) in [5, 5.41) is 9.51. The van der Waals surface area contributed by atoms with Gasteiger partial charge in [0.15, 0.2) is 0 Å². The number of aromatic carboxylic acids is 1. The Labute approximate surface area is 113 Å². The van der Waals surface area contributed by atoms with Gasteiger partial charge in [0.2, 0.25) is 5.88 Å². The summed E-state index contributed by atoms with van der Waals surface area (Å²) in [5.74, 6) is -0.930. The third-order valence-corrected chi connectivity index (χ3v) is 2.62. The fraction of sp³-hybridized carbons (Fsp3) is 0. The van der Waals surface area contributed by atoms with Crippen LogP contribution in [0.15, 0.2) is 36.4 Å². The Balaban J connectivity index is 2.42. The van der Waals surface area contributed by atoms with Crippen molar-refractivity contribution >= 4 is 29.2 Å². The number of hydrogen-bond acceptors (Lipinski definition) is 3. The average molecular weight is 284 g/mol. The molecule has 0 spiro atoms. The molecule has 18 heavy (non-hydrogen) atoms. The van der Waals surface area contributed by atoms with Crippen LogP contribution >= 0.6 is 23.2 Å². The van der Waals surface area contributed by atoms with Gasteiger partial charge in [-0.2, -0.15) is 0 Å². The number of carboxylic acids is 1. The van der Waals surface area contributed by atoms with E-state index in [1.807, 2.05) is 0 Å². The maximum absolute atomic E-state index is 11.0. The number of carboxylic acid groups (broad SMARTS) is 1. The van der Waals surface area contributed by atoms with Crippen LogP contribution in [0.5, 0.6) is 11.6 Å². The zero-order valence-electron chi connectivity index (χ0n) is 8.93. The Morgan fingerprint density at radius 1 is 1.17 bits per heavy atom. The number of ether oxygens (including phenoxy) is 1. The van der Waals surface area contributed by atoms with Crippen molar-refractivity contribution in [1.29, 1.82) is 0 Å². The van der Waals surface area contributed by atoms with Crippen LogP contribution in [0.3, 0.4) is 0 Å². The standard InChI is InChI=1S/C12H7Cl2NO3/c13-8-3-1-2-4-9(8)18-11-7(12(16)17)5-6-10(14)15-11/h1-6H,(H,16,17). The Kier molecular flexibility index (Phi) is 3.69. The Hall–Kier alpha value is -1.78. The number of nitrogens with zero attached hydrogens (tertiary/aromatic N) is 1. The zero-order chi connectivity index (χ0) is 13.1. The van der Waals surface area contributed by atoms with Crippen molar-refractivity contribution in [3.05, 3.63) is 52.1 Å². The number of aromatic nitrogens is 1. The van der Waals surface area contributed by atoms with Gasteiger partial charge < -0.3 is 9.84 Å². The van der Waals surface area contributed by atoms with E-state index in [1.165, 1.54) is 12.1 Å². The van der Waals surface area contributed by atoms with E-state index in [9.17, 15) is 4.79 Å². The van der Waals surface area contributed by atoms with E-state index in [1.54, 1.807) is 24.3 Å². The minimum atomic E-state index is -1.15. The predicted octanol–water partition coefficient (Wildman–Crippen LogP) is 3.88. The lowest BCUT2D eigenvalue weighted by Crippen LogP contribution is -2.02. The monoisotopic (exact) mass is 283 g/mol. The van der Waals surface area contributed by atoms with Crippen molar-refractivity contribution in [2.75, 3.05) is 0 Å². The first-order valence-electron chi connectivity index (χ1n) is 4.90. The molecular weight excluding hydrogens is 277 g/mol. The van der Waals surface area contributed by atoms with Gasteiger partial charge in [0.1, 0.15) is 16.5 Å². The second-order valence-corrected chi connectivity index (χ2v) is 4.12. The average Bonchev–Trinajstić information content (AvgIpc) is 2.32. The van der Waals surface area contributed by atoms with Gasteiger partial charge in [-0.1, -0.05) is 35.3 Å². The topological polar surface area (TPSA) is 59.4 Å². The second kappa shape index (κ2) is 5.25. The highest BCUT2D eigenvalue weighted by Crippen LogP contribution is 2.30. The first-order chi connectivity index (χ1) is 8.58. The van der Waals surface area contributed by atoms with Crippen LogP contribution < -0.4 is 4.74 Å². The van der Waals surface area contributed by atoms with Crippen molar-refractivity contribution in [3.8, 4) is 11.6 Å². The summed E-state index contributed by atoms with van der Waals surface area (Å²) in [5.41, 5.74) is -0.0840. The van der Waals surface area contributed by atoms with Crippen LogP contribution in [-0.2, 0) is 0 Å². The van der Waals surface area contributed by atoms with E-state index in [2.05, 4.69) is 4.98 Å². The number of hydrogen-bond donors (Lipinski definition) is 1. The molecule has 4 nitrogen and oxygen atoms in total. The van der Waals surface area contributed by atoms with E-state index in [-0.39, 0.29) is 16.6 Å². The molecule has 1 aromatic carbocycles. The zero-order valence-corrected chi connectivity index (χ0v) is 10.4. The van der Waals surface area contributed by atoms with Gasteiger partial charge in [0, 0.05) is 0 Å². The molecule has 0 saturated carbocycles. The summed E-state index contributed by atoms with van der Waals surface area (Å²) >= 11 is 11.6. The summed E-state index contributed by atoms with van der Waals surface area (Å²) in [4.78, 5) is 14.8. The Bertz CT molecular complexity index is 602. The first-order valence-corrected chi connectivity index (χ1v) is 5.66. The molecular formula is C12H7Cl2NO3. The lowest BCUT2D eigenvalue weighted by atomic mass is 10.3. The van der Waals surface area contributed by atoms with Gasteiger partial charge in [-0.3, -0.25) is 0 Å². The van der Waals surface area contributed by atoms with Gasteiger partial charge in [-0.25, -0.2) is 9.78 Å².